The molecule has 2 heterocycles. The highest BCUT2D eigenvalue weighted by Crippen LogP contribution is 2.36. The van der Waals surface area contributed by atoms with Gasteiger partial charge in [0.15, 0.2) is 5.16 Å². The van der Waals surface area contributed by atoms with Gasteiger partial charge in [-0.1, -0.05) is 11.8 Å². The van der Waals surface area contributed by atoms with Crippen LogP contribution in [0.5, 0.6) is 0 Å². The summed E-state index contributed by atoms with van der Waals surface area (Å²) in [5.41, 5.74) is -0.255. The molecule has 1 aromatic rings. The van der Waals surface area contributed by atoms with Gasteiger partial charge in [0.05, 0.1) is 11.9 Å². The molecule has 1 saturated carbocycles. The van der Waals surface area contributed by atoms with E-state index in [1.807, 2.05) is 4.57 Å². The minimum absolute atomic E-state index is 0.0454. The number of carbonyl (C=O) groups excluding carboxylic acids is 1. The van der Waals surface area contributed by atoms with Crippen molar-refractivity contribution in [3.05, 3.63) is 22.6 Å². The Balaban J connectivity index is 1.50. The molecular weight excluding hydrogens is 290 g/mol. The summed E-state index contributed by atoms with van der Waals surface area (Å²) >= 11 is 1.32. The van der Waals surface area contributed by atoms with Gasteiger partial charge in [-0.3, -0.25) is 9.59 Å². The Kier molecular flexibility index (Phi) is 4.60. The van der Waals surface area contributed by atoms with Crippen molar-refractivity contribution >= 4 is 17.7 Å². The molecule has 7 heteroatoms. The molecule has 1 aliphatic carbocycles. The molecule has 0 bridgehead atoms. The molecular formula is C14H19N3O3S. The molecule has 21 heavy (non-hydrogen) atoms. The number of hydrogen-bond acceptors (Lipinski definition) is 5. The van der Waals surface area contributed by atoms with Gasteiger partial charge in [0.2, 0.25) is 5.91 Å². The summed E-state index contributed by atoms with van der Waals surface area (Å²) in [6.07, 6.45) is 6.23. The fraction of sp³-hybridized carbons (Fsp3) is 0.643. The van der Waals surface area contributed by atoms with Crippen LogP contribution in [0.4, 0.5) is 0 Å². The maximum absolute atomic E-state index is 11.9. The summed E-state index contributed by atoms with van der Waals surface area (Å²) in [6, 6.07) is 1.91. The van der Waals surface area contributed by atoms with Crippen LogP contribution in [-0.2, 0) is 9.53 Å². The van der Waals surface area contributed by atoms with Gasteiger partial charge in [0, 0.05) is 31.5 Å². The van der Waals surface area contributed by atoms with Gasteiger partial charge in [0.1, 0.15) is 0 Å². The van der Waals surface area contributed by atoms with E-state index in [2.05, 4.69) is 10.3 Å². The molecule has 0 radical (unpaired) electrons. The second-order valence-electron chi connectivity index (χ2n) is 5.41. The number of carbonyl (C=O) groups is 1. The summed E-state index contributed by atoms with van der Waals surface area (Å²) in [5.74, 6) is 0.228. The topological polar surface area (TPSA) is 73.2 Å². The lowest BCUT2D eigenvalue weighted by molar-refractivity contribution is -0.119. The number of nitrogens with one attached hydrogen (secondary N) is 1. The molecule has 1 saturated heterocycles. The number of ether oxygens (including phenoxy) is 1. The predicted molar refractivity (Wildman–Crippen MR) is 79.5 cm³/mol. The molecule has 1 atom stereocenters. The normalized spacial score (nSPS) is 21.4. The van der Waals surface area contributed by atoms with E-state index in [-0.39, 0.29) is 23.3 Å². The smallest absolute Gasteiger partial charge is 0.273 e. The van der Waals surface area contributed by atoms with Gasteiger partial charge in [-0.05, 0) is 25.7 Å². The van der Waals surface area contributed by atoms with Crippen molar-refractivity contribution in [3.63, 3.8) is 0 Å². The van der Waals surface area contributed by atoms with E-state index in [1.165, 1.54) is 17.8 Å². The van der Waals surface area contributed by atoms with E-state index in [0.29, 0.717) is 17.7 Å². The van der Waals surface area contributed by atoms with Gasteiger partial charge < -0.3 is 14.6 Å². The highest BCUT2D eigenvalue weighted by atomic mass is 32.2. The SMILES string of the molecule is O=C(CSc1nc(=O)ccn1C1CC1)NCC1CCCO1. The molecule has 1 aromatic heterocycles. The van der Waals surface area contributed by atoms with Crippen molar-refractivity contribution in [2.45, 2.75) is 43.0 Å². The van der Waals surface area contributed by atoms with Crippen LogP contribution < -0.4 is 10.9 Å². The van der Waals surface area contributed by atoms with Crippen LogP contribution in [0.2, 0.25) is 0 Å². The van der Waals surface area contributed by atoms with Crippen molar-refractivity contribution in [1.29, 1.82) is 0 Å². The van der Waals surface area contributed by atoms with Crippen LogP contribution in [0.15, 0.2) is 22.2 Å². The number of aromatic nitrogens is 2. The number of nitrogens with zero attached hydrogens (tertiary/aromatic N) is 2. The van der Waals surface area contributed by atoms with Gasteiger partial charge in [-0.25, -0.2) is 0 Å². The lowest BCUT2D eigenvalue weighted by atomic mass is 10.2. The third-order valence-electron chi connectivity index (χ3n) is 3.63. The van der Waals surface area contributed by atoms with Crippen molar-refractivity contribution in [1.82, 2.24) is 14.9 Å². The van der Waals surface area contributed by atoms with E-state index < -0.39 is 0 Å². The second kappa shape index (κ2) is 6.62. The Morgan fingerprint density at radius 2 is 2.33 bits per heavy atom. The van der Waals surface area contributed by atoms with E-state index in [9.17, 15) is 9.59 Å². The fourth-order valence-electron chi connectivity index (χ4n) is 2.35. The maximum atomic E-state index is 11.9. The average molecular weight is 309 g/mol. The quantitative estimate of drug-likeness (QED) is 0.626. The van der Waals surface area contributed by atoms with E-state index >= 15 is 0 Å². The van der Waals surface area contributed by atoms with E-state index in [4.69, 9.17) is 4.74 Å². The molecule has 0 spiro atoms. The number of rotatable bonds is 6. The molecule has 1 amide bonds. The summed E-state index contributed by atoms with van der Waals surface area (Å²) in [5, 5.41) is 3.51. The summed E-state index contributed by atoms with van der Waals surface area (Å²) in [6.45, 7) is 1.36. The van der Waals surface area contributed by atoms with Crippen molar-refractivity contribution in [2.24, 2.45) is 0 Å². The Hall–Kier alpha value is -1.34. The van der Waals surface area contributed by atoms with Crippen LogP contribution in [0.25, 0.3) is 0 Å². The van der Waals surface area contributed by atoms with Crippen molar-refractivity contribution < 1.29 is 9.53 Å². The standard InChI is InChI=1S/C14H19N3O3S/c18-12-5-6-17(10-3-4-10)14(16-12)21-9-13(19)15-8-11-2-1-7-20-11/h5-6,10-11H,1-4,7-9H2,(H,15,19). The molecule has 1 unspecified atom stereocenters. The Labute approximate surface area is 127 Å². The molecule has 1 N–H and O–H groups in total. The number of hydrogen-bond donors (Lipinski definition) is 1. The molecule has 0 aromatic carbocycles. The van der Waals surface area contributed by atoms with Gasteiger partial charge in [0.25, 0.3) is 5.56 Å². The molecule has 2 aliphatic rings. The monoisotopic (exact) mass is 309 g/mol. The van der Waals surface area contributed by atoms with Crippen LogP contribution in [0, 0.1) is 0 Å². The number of thioether (sulfide) groups is 1. The summed E-state index contributed by atoms with van der Waals surface area (Å²) in [4.78, 5) is 27.2. The van der Waals surface area contributed by atoms with Crippen LogP contribution in [0.1, 0.15) is 31.7 Å². The molecule has 3 rings (SSSR count). The highest BCUT2D eigenvalue weighted by molar-refractivity contribution is 7.99. The largest absolute Gasteiger partial charge is 0.376 e. The third kappa shape index (κ3) is 4.07. The average Bonchev–Trinajstić information content (AvgIpc) is 3.18. The van der Waals surface area contributed by atoms with Gasteiger partial charge in [-0.15, -0.1) is 0 Å². The zero-order chi connectivity index (χ0) is 14.7. The first-order chi connectivity index (χ1) is 10.2. The zero-order valence-electron chi connectivity index (χ0n) is 11.8. The molecule has 6 nitrogen and oxygen atoms in total. The zero-order valence-corrected chi connectivity index (χ0v) is 12.6. The Morgan fingerprint density at radius 3 is 3.05 bits per heavy atom. The van der Waals surface area contributed by atoms with Crippen LogP contribution >= 0.6 is 11.8 Å². The van der Waals surface area contributed by atoms with Crippen molar-refractivity contribution in [3.8, 4) is 0 Å². The van der Waals surface area contributed by atoms with Crippen LogP contribution in [-0.4, -0.2) is 40.5 Å². The summed E-state index contributed by atoms with van der Waals surface area (Å²) in [7, 11) is 0. The summed E-state index contributed by atoms with van der Waals surface area (Å²) < 4.78 is 7.46. The van der Waals surface area contributed by atoms with Gasteiger partial charge >= 0.3 is 0 Å². The third-order valence-corrected chi connectivity index (χ3v) is 4.59. The van der Waals surface area contributed by atoms with Crippen LogP contribution in [0.3, 0.4) is 0 Å². The Bertz CT molecular complexity index is 565. The van der Waals surface area contributed by atoms with Gasteiger partial charge in [-0.2, -0.15) is 4.98 Å². The van der Waals surface area contributed by atoms with E-state index in [1.54, 1.807) is 6.20 Å². The first kappa shape index (κ1) is 14.6. The lowest BCUT2D eigenvalue weighted by Crippen LogP contribution is -2.33. The molecule has 2 fully saturated rings. The van der Waals surface area contributed by atoms with Crippen molar-refractivity contribution in [2.75, 3.05) is 18.9 Å². The van der Waals surface area contributed by atoms with E-state index in [0.717, 1.165) is 32.3 Å². The maximum Gasteiger partial charge on any atom is 0.273 e. The molecule has 1 aliphatic heterocycles. The molecule has 114 valence electrons. The highest BCUT2D eigenvalue weighted by Gasteiger charge is 2.25. The minimum atomic E-state index is -0.255. The minimum Gasteiger partial charge on any atom is -0.376 e. The fourth-order valence-corrected chi connectivity index (χ4v) is 3.22. The second-order valence-corrected chi connectivity index (χ2v) is 6.36. The first-order valence-electron chi connectivity index (χ1n) is 7.32. The predicted octanol–water partition coefficient (Wildman–Crippen LogP) is 0.965. The first-order valence-corrected chi connectivity index (χ1v) is 8.31. The Morgan fingerprint density at radius 1 is 1.48 bits per heavy atom. The lowest BCUT2D eigenvalue weighted by Gasteiger charge is -2.12. The number of amides is 1.